The van der Waals surface area contributed by atoms with Crippen molar-refractivity contribution in [3.05, 3.63) is 34.8 Å². The number of esters is 1. The van der Waals surface area contributed by atoms with Crippen LogP contribution in [0.5, 0.6) is 5.75 Å². The lowest BCUT2D eigenvalue weighted by molar-refractivity contribution is -0.141. The third-order valence-electron chi connectivity index (χ3n) is 2.81. The molecule has 1 heterocycles. The predicted octanol–water partition coefficient (Wildman–Crippen LogP) is 4.78. The van der Waals surface area contributed by atoms with Gasteiger partial charge in [-0.25, -0.2) is 9.78 Å². The minimum absolute atomic E-state index is 0.0195. The van der Waals surface area contributed by atoms with Gasteiger partial charge < -0.3 is 9.47 Å². The van der Waals surface area contributed by atoms with Gasteiger partial charge in [-0.2, -0.15) is 13.2 Å². The van der Waals surface area contributed by atoms with Crippen molar-refractivity contribution in [1.29, 1.82) is 0 Å². The Balaban J connectivity index is 2.51. The number of ether oxygens (including phenoxy) is 2. The highest BCUT2D eigenvalue weighted by molar-refractivity contribution is 9.09. The molecule has 2 rings (SSSR count). The number of nitrogens with zero attached hydrogens (tertiary/aromatic N) is 1. The Kier molecular flexibility index (Phi) is 6.22. The summed E-state index contributed by atoms with van der Waals surface area (Å²) in [5, 5.41) is 0.622. The molecular weight excluding hydrogens is 411 g/mol. The van der Waals surface area contributed by atoms with Crippen LogP contribution in [0, 0.1) is 0 Å². The van der Waals surface area contributed by atoms with E-state index in [0.29, 0.717) is 34.6 Å². The Hall–Kier alpha value is -1.61. The lowest BCUT2D eigenvalue weighted by Gasteiger charge is -2.08. The summed E-state index contributed by atoms with van der Waals surface area (Å²) in [7, 11) is 0. The van der Waals surface area contributed by atoms with Gasteiger partial charge in [-0.05, 0) is 19.1 Å². The number of halogens is 4. The first-order valence-electron chi connectivity index (χ1n) is 6.91. The Morgan fingerprint density at radius 2 is 2.04 bits per heavy atom. The number of carbonyl (C=O) groups excluding carboxylic acids is 1. The second kappa shape index (κ2) is 7.98. The van der Waals surface area contributed by atoms with Gasteiger partial charge in [-0.15, -0.1) is 11.3 Å². The molecule has 4 nitrogen and oxygen atoms in total. The maximum absolute atomic E-state index is 13.2. The van der Waals surface area contributed by atoms with Gasteiger partial charge in [0.05, 0.1) is 18.8 Å². The molecule has 0 aliphatic heterocycles. The van der Waals surface area contributed by atoms with E-state index < -0.39 is 22.7 Å². The molecule has 1 aromatic heterocycles. The van der Waals surface area contributed by atoms with Crippen LogP contribution < -0.4 is 4.74 Å². The van der Waals surface area contributed by atoms with E-state index in [-0.39, 0.29) is 11.6 Å². The fourth-order valence-electron chi connectivity index (χ4n) is 1.88. The highest BCUT2D eigenvalue weighted by atomic mass is 79.9. The van der Waals surface area contributed by atoms with E-state index in [1.165, 1.54) is 6.92 Å². The van der Waals surface area contributed by atoms with E-state index in [1.807, 2.05) is 0 Å². The second-order valence-corrected chi connectivity index (χ2v) is 6.24. The Bertz CT molecular complexity index is 718. The van der Waals surface area contributed by atoms with Crippen molar-refractivity contribution in [2.45, 2.75) is 13.1 Å². The Morgan fingerprint density at radius 3 is 2.67 bits per heavy atom. The van der Waals surface area contributed by atoms with Crippen LogP contribution in [0.4, 0.5) is 13.2 Å². The second-order valence-electron chi connectivity index (χ2n) is 4.45. The molecule has 0 spiro atoms. The Morgan fingerprint density at radius 1 is 1.33 bits per heavy atom. The van der Waals surface area contributed by atoms with E-state index >= 15 is 0 Å². The van der Waals surface area contributed by atoms with E-state index in [1.54, 1.807) is 24.3 Å². The van der Waals surface area contributed by atoms with Gasteiger partial charge in [0.15, 0.2) is 5.69 Å². The van der Waals surface area contributed by atoms with E-state index in [9.17, 15) is 18.0 Å². The van der Waals surface area contributed by atoms with E-state index in [0.717, 1.165) is 0 Å². The zero-order chi connectivity index (χ0) is 17.7. The standard InChI is InChI=1S/C15H13BrF3NO3S/c1-2-22-14(21)11-12(15(17,18)19)20-13(24-11)9-5-3-4-6-10(9)23-8-7-16/h3-6H,2,7-8H2,1H3. The zero-order valence-corrected chi connectivity index (χ0v) is 14.9. The molecule has 9 heteroatoms. The molecule has 2 aromatic rings. The summed E-state index contributed by atoms with van der Waals surface area (Å²) in [5.74, 6) is -0.637. The number of hydrogen-bond donors (Lipinski definition) is 0. The number of thiazole rings is 1. The van der Waals surface area contributed by atoms with Gasteiger partial charge in [0.25, 0.3) is 0 Å². The summed E-state index contributed by atoms with van der Waals surface area (Å²) in [6.07, 6.45) is -4.75. The monoisotopic (exact) mass is 423 g/mol. The fraction of sp³-hybridized carbons (Fsp3) is 0.333. The van der Waals surface area contributed by atoms with Crippen molar-refractivity contribution < 1.29 is 27.4 Å². The molecule has 130 valence electrons. The predicted molar refractivity (Wildman–Crippen MR) is 87.8 cm³/mol. The largest absolute Gasteiger partial charge is 0.492 e. The van der Waals surface area contributed by atoms with Gasteiger partial charge >= 0.3 is 12.1 Å². The molecule has 1 aromatic carbocycles. The van der Waals surface area contributed by atoms with Crippen LogP contribution in [-0.4, -0.2) is 29.5 Å². The molecule has 0 saturated heterocycles. The quantitative estimate of drug-likeness (QED) is 0.495. The number of aromatic nitrogens is 1. The third-order valence-corrected chi connectivity index (χ3v) is 4.20. The summed E-state index contributed by atoms with van der Waals surface area (Å²) in [6.45, 7) is 1.85. The fourth-order valence-corrected chi connectivity index (χ4v) is 3.05. The summed E-state index contributed by atoms with van der Waals surface area (Å²) in [6, 6.07) is 6.60. The third kappa shape index (κ3) is 4.27. The van der Waals surface area contributed by atoms with Gasteiger partial charge in [0, 0.05) is 5.33 Å². The van der Waals surface area contributed by atoms with Crippen molar-refractivity contribution >= 4 is 33.2 Å². The topological polar surface area (TPSA) is 48.4 Å². The average molecular weight is 424 g/mol. The highest BCUT2D eigenvalue weighted by Gasteiger charge is 2.40. The van der Waals surface area contributed by atoms with Gasteiger partial charge in [0.2, 0.25) is 0 Å². The van der Waals surface area contributed by atoms with Crippen LogP contribution in [0.3, 0.4) is 0 Å². The van der Waals surface area contributed by atoms with Crippen LogP contribution in [0.1, 0.15) is 22.3 Å². The highest BCUT2D eigenvalue weighted by Crippen LogP contribution is 2.40. The maximum Gasteiger partial charge on any atom is 0.435 e. The number of rotatable bonds is 6. The molecule has 0 unspecified atom stereocenters. The zero-order valence-electron chi connectivity index (χ0n) is 12.5. The summed E-state index contributed by atoms with van der Waals surface area (Å²) in [5.41, 5.74) is -0.847. The van der Waals surface area contributed by atoms with E-state index in [4.69, 9.17) is 9.47 Å². The van der Waals surface area contributed by atoms with Gasteiger partial charge in [-0.3, -0.25) is 0 Å². The smallest absolute Gasteiger partial charge is 0.435 e. The first-order chi connectivity index (χ1) is 11.4. The molecular formula is C15H13BrF3NO3S. The van der Waals surface area contributed by atoms with E-state index in [2.05, 4.69) is 20.9 Å². The van der Waals surface area contributed by atoms with Crippen molar-refractivity contribution in [3.63, 3.8) is 0 Å². The van der Waals surface area contributed by atoms with Crippen LogP contribution in [0.15, 0.2) is 24.3 Å². The molecule has 0 aliphatic carbocycles. The minimum atomic E-state index is -4.75. The molecule has 0 bridgehead atoms. The number of benzene rings is 1. The van der Waals surface area contributed by atoms with Crippen LogP contribution >= 0.6 is 27.3 Å². The van der Waals surface area contributed by atoms with Gasteiger partial charge in [-0.1, -0.05) is 28.1 Å². The molecule has 0 fully saturated rings. The molecule has 0 saturated carbocycles. The molecule has 24 heavy (non-hydrogen) atoms. The van der Waals surface area contributed by atoms with Gasteiger partial charge in [0.1, 0.15) is 15.6 Å². The van der Waals surface area contributed by atoms with Crippen LogP contribution in [0.25, 0.3) is 10.6 Å². The van der Waals surface area contributed by atoms with Crippen molar-refractivity contribution in [1.82, 2.24) is 4.98 Å². The summed E-state index contributed by atoms with van der Waals surface area (Å²) >= 11 is 3.86. The first kappa shape index (κ1) is 18.7. The average Bonchev–Trinajstić information content (AvgIpc) is 2.99. The van der Waals surface area contributed by atoms with Crippen molar-refractivity contribution in [3.8, 4) is 16.3 Å². The van der Waals surface area contributed by atoms with Crippen LogP contribution in [0.2, 0.25) is 0 Å². The minimum Gasteiger partial charge on any atom is -0.492 e. The van der Waals surface area contributed by atoms with Crippen LogP contribution in [-0.2, 0) is 10.9 Å². The number of carbonyl (C=O) groups is 1. The number of alkyl halides is 4. The molecule has 0 radical (unpaired) electrons. The number of para-hydroxylation sites is 1. The molecule has 0 aliphatic rings. The lowest BCUT2D eigenvalue weighted by atomic mass is 10.2. The molecule has 0 amide bonds. The maximum atomic E-state index is 13.2. The van der Waals surface area contributed by atoms with Crippen molar-refractivity contribution in [2.75, 3.05) is 18.5 Å². The summed E-state index contributed by atoms with van der Waals surface area (Å²) < 4.78 is 49.7. The Labute approximate surface area is 148 Å². The SMILES string of the molecule is CCOC(=O)c1sc(-c2ccccc2OCCBr)nc1C(F)(F)F. The summed E-state index contributed by atoms with van der Waals surface area (Å²) in [4.78, 5) is 14.9. The first-order valence-corrected chi connectivity index (χ1v) is 8.85. The number of hydrogen-bond acceptors (Lipinski definition) is 5. The van der Waals surface area contributed by atoms with Crippen molar-refractivity contribution in [2.24, 2.45) is 0 Å². The normalized spacial score (nSPS) is 11.4. The molecule has 0 N–H and O–H groups in total. The lowest BCUT2D eigenvalue weighted by Crippen LogP contribution is -2.13. The molecule has 0 atom stereocenters.